The molecule has 2 aliphatic rings. The van der Waals surface area contributed by atoms with Crippen LogP contribution in [0.3, 0.4) is 0 Å². The van der Waals surface area contributed by atoms with Gasteiger partial charge in [0.25, 0.3) is 0 Å². The zero-order chi connectivity index (χ0) is 19.1. The molecule has 6 nitrogen and oxygen atoms in total. The van der Waals surface area contributed by atoms with Crippen LogP contribution >= 0.6 is 11.3 Å². The number of urea groups is 1. The van der Waals surface area contributed by atoms with E-state index in [1.165, 1.54) is 11.3 Å². The topological polar surface area (TPSA) is 68.7 Å². The second-order valence-electron chi connectivity index (χ2n) is 9.04. The van der Waals surface area contributed by atoms with Crippen molar-refractivity contribution in [1.82, 2.24) is 14.8 Å². The predicted octanol–water partition coefficient (Wildman–Crippen LogP) is 3.07. The van der Waals surface area contributed by atoms with Crippen molar-refractivity contribution in [2.45, 2.75) is 70.9 Å². The van der Waals surface area contributed by atoms with Gasteiger partial charge < -0.3 is 10.0 Å². The number of hydrogen-bond acceptors (Lipinski definition) is 5. The van der Waals surface area contributed by atoms with Gasteiger partial charge in [-0.05, 0) is 40.0 Å². The first-order chi connectivity index (χ1) is 12.0. The number of aliphatic hydroxyl groups is 1. The number of carbonyl (C=O) groups excluding carboxylic acids is 1. The molecule has 1 atom stereocenters. The highest BCUT2D eigenvalue weighted by molar-refractivity contribution is 7.15. The van der Waals surface area contributed by atoms with Crippen LogP contribution in [0.15, 0.2) is 0 Å². The molecular formula is C19H32N4O2S. The Labute approximate surface area is 160 Å². The molecular weight excluding hydrogens is 348 g/mol. The lowest BCUT2D eigenvalue weighted by atomic mass is 9.79. The zero-order valence-electron chi connectivity index (χ0n) is 16.6. The molecule has 2 amide bonds. The first-order valence-electron chi connectivity index (χ1n) is 9.58. The largest absolute Gasteiger partial charge is 0.389 e. The van der Waals surface area contributed by atoms with Crippen molar-refractivity contribution in [3.63, 3.8) is 0 Å². The number of nitrogens with zero attached hydrogens (tertiary/aromatic N) is 3. The summed E-state index contributed by atoms with van der Waals surface area (Å²) in [4.78, 5) is 22.9. The molecule has 1 aromatic rings. The lowest BCUT2D eigenvalue weighted by molar-refractivity contribution is 0.00377. The summed E-state index contributed by atoms with van der Waals surface area (Å²) < 4.78 is 0. The lowest BCUT2D eigenvalue weighted by Gasteiger charge is -2.41. The molecule has 1 unspecified atom stereocenters. The number of anilines is 1. The number of nitrogens with one attached hydrogen (secondary N) is 1. The maximum Gasteiger partial charge on any atom is 0.323 e. The van der Waals surface area contributed by atoms with Gasteiger partial charge in [-0.3, -0.25) is 10.2 Å². The van der Waals surface area contributed by atoms with E-state index < -0.39 is 5.60 Å². The number of β-amino-alcohol motifs (C(OH)–C–C–N with tert-alkyl or cyclic N) is 1. The number of carbonyl (C=O) groups is 1. The Morgan fingerprint density at radius 2 is 2.15 bits per heavy atom. The van der Waals surface area contributed by atoms with Crippen molar-refractivity contribution in [2.24, 2.45) is 0 Å². The Morgan fingerprint density at radius 3 is 2.77 bits per heavy atom. The van der Waals surface area contributed by atoms with Crippen LogP contribution < -0.4 is 5.32 Å². The van der Waals surface area contributed by atoms with Gasteiger partial charge in [0.1, 0.15) is 0 Å². The number of aryl methyl sites for hydroxylation is 1. The highest BCUT2D eigenvalue weighted by atomic mass is 32.1. The van der Waals surface area contributed by atoms with E-state index in [0.717, 1.165) is 30.2 Å². The lowest BCUT2D eigenvalue weighted by Crippen LogP contribution is -2.57. The van der Waals surface area contributed by atoms with Crippen molar-refractivity contribution in [2.75, 3.05) is 31.5 Å². The number of rotatable bonds is 3. The SMILES string of the molecule is CC1CN(C(=O)Nc2nc3c(s2)CCCC3(C)C)CCN1CC(C)(C)O. The Kier molecular flexibility index (Phi) is 5.34. The van der Waals surface area contributed by atoms with E-state index in [1.54, 1.807) is 11.3 Å². The molecule has 2 N–H and O–H groups in total. The summed E-state index contributed by atoms with van der Waals surface area (Å²) in [6.45, 7) is 13.0. The third-order valence-electron chi connectivity index (χ3n) is 5.40. The van der Waals surface area contributed by atoms with Crippen LogP contribution in [0.25, 0.3) is 0 Å². The second kappa shape index (κ2) is 7.09. The van der Waals surface area contributed by atoms with Crippen molar-refractivity contribution in [3.05, 3.63) is 10.6 Å². The van der Waals surface area contributed by atoms with Crippen molar-refractivity contribution in [1.29, 1.82) is 0 Å². The normalized spacial score (nSPS) is 23.6. The van der Waals surface area contributed by atoms with Crippen LogP contribution in [0.2, 0.25) is 0 Å². The zero-order valence-corrected chi connectivity index (χ0v) is 17.4. The monoisotopic (exact) mass is 380 g/mol. The van der Waals surface area contributed by atoms with Gasteiger partial charge in [-0.15, -0.1) is 11.3 Å². The highest BCUT2D eigenvalue weighted by Crippen LogP contribution is 2.40. The van der Waals surface area contributed by atoms with Gasteiger partial charge >= 0.3 is 6.03 Å². The van der Waals surface area contributed by atoms with Crippen molar-refractivity contribution < 1.29 is 9.90 Å². The van der Waals surface area contributed by atoms with Gasteiger partial charge in [0.2, 0.25) is 0 Å². The maximum absolute atomic E-state index is 12.7. The van der Waals surface area contributed by atoms with Gasteiger partial charge in [0, 0.05) is 42.5 Å². The second-order valence-corrected chi connectivity index (χ2v) is 10.1. The van der Waals surface area contributed by atoms with Crippen molar-refractivity contribution >= 4 is 22.5 Å². The van der Waals surface area contributed by atoms with Gasteiger partial charge in [-0.1, -0.05) is 13.8 Å². The van der Waals surface area contributed by atoms with E-state index >= 15 is 0 Å². The van der Waals surface area contributed by atoms with Crippen LogP contribution in [-0.4, -0.2) is 63.7 Å². The number of aromatic nitrogens is 1. The van der Waals surface area contributed by atoms with Gasteiger partial charge in [-0.2, -0.15) is 0 Å². The van der Waals surface area contributed by atoms with Gasteiger partial charge in [0.05, 0.1) is 11.3 Å². The average molecular weight is 381 g/mol. The van der Waals surface area contributed by atoms with E-state index in [9.17, 15) is 9.90 Å². The standard InChI is InChI=1S/C19H32N4O2S/c1-13-11-22(9-10-23(13)12-19(4,5)25)17(24)21-16-20-15-14(26-16)7-6-8-18(15,2)3/h13,25H,6-12H2,1-5H3,(H,20,21,24). The molecule has 0 spiro atoms. The predicted molar refractivity (Wildman–Crippen MR) is 106 cm³/mol. The van der Waals surface area contributed by atoms with E-state index in [-0.39, 0.29) is 17.5 Å². The minimum atomic E-state index is -0.717. The van der Waals surface area contributed by atoms with Crippen LogP contribution in [-0.2, 0) is 11.8 Å². The Morgan fingerprint density at radius 1 is 1.42 bits per heavy atom. The fourth-order valence-corrected chi connectivity index (χ4v) is 5.17. The molecule has 146 valence electrons. The summed E-state index contributed by atoms with van der Waals surface area (Å²) in [5.74, 6) is 0. The Balaban J connectivity index is 1.61. The molecule has 1 saturated heterocycles. The fourth-order valence-electron chi connectivity index (χ4n) is 3.99. The molecule has 0 bridgehead atoms. The first-order valence-corrected chi connectivity index (χ1v) is 10.4. The molecule has 0 radical (unpaired) electrons. The molecule has 0 saturated carbocycles. The van der Waals surface area contributed by atoms with E-state index in [0.29, 0.717) is 19.6 Å². The van der Waals surface area contributed by atoms with Gasteiger partial charge in [0.15, 0.2) is 5.13 Å². The average Bonchev–Trinajstić information content (AvgIpc) is 2.92. The maximum atomic E-state index is 12.7. The summed E-state index contributed by atoms with van der Waals surface area (Å²) in [5.41, 5.74) is 0.544. The number of thiazole rings is 1. The molecule has 3 rings (SSSR count). The first kappa shape index (κ1) is 19.6. The number of piperazine rings is 1. The minimum absolute atomic E-state index is 0.0661. The molecule has 26 heavy (non-hydrogen) atoms. The summed E-state index contributed by atoms with van der Waals surface area (Å²) in [6.07, 6.45) is 3.41. The molecule has 1 aliphatic carbocycles. The molecule has 0 aromatic carbocycles. The molecule has 1 aliphatic heterocycles. The van der Waals surface area contributed by atoms with Crippen LogP contribution in [0.5, 0.6) is 0 Å². The van der Waals surface area contributed by atoms with Crippen LogP contribution in [0.4, 0.5) is 9.93 Å². The van der Waals surface area contributed by atoms with Crippen LogP contribution in [0.1, 0.15) is 58.0 Å². The van der Waals surface area contributed by atoms with E-state index in [4.69, 9.17) is 4.98 Å². The number of amides is 2. The molecule has 1 aromatic heterocycles. The Hall–Kier alpha value is -1.18. The Bertz CT molecular complexity index is 665. The van der Waals surface area contributed by atoms with E-state index in [2.05, 4.69) is 31.0 Å². The third kappa shape index (κ3) is 4.38. The number of fused-ring (bicyclic) bond motifs is 1. The minimum Gasteiger partial charge on any atom is -0.389 e. The summed E-state index contributed by atoms with van der Waals surface area (Å²) in [6, 6.07) is 0.160. The smallest absolute Gasteiger partial charge is 0.323 e. The molecule has 7 heteroatoms. The highest BCUT2D eigenvalue weighted by Gasteiger charge is 2.33. The quantitative estimate of drug-likeness (QED) is 0.846. The summed E-state index contributed by atoms with van der Waals surface area (Å²) in [7, 11) is 0. The fraction of sp³-hybridized carbons (Fsp3) is 0.789. The van der Waals surface area contributed by atoms with E-state index in [1.807, 2.05) is 18.7 Å². The molecule has 2 heterocycles. The third-order valence-corrected chi connectivity index (χ3v) is 6.43. The summed E-state index contributed by atoms with van der Waals surface area (Å²) >= 11 is 1.63. The summed E-state index contributed by atoms with van der Waals surface area (Å²) in [5, 5.41) is 13.8. The number of hydrogen-bond donors (Lipinski definition) is 2. The van der Waals surface area contributed by atoms with Crippen molar-refractivity contribution in [3.8, 4) is 0 Å². The van der Waals surface area contributed by atoms with Crippen LogP contribution in [0, 0.1) is 0 Å². The molecule has 1 fully saturated rings. The van der Waals surface area contributed by atoms with Gasteiger partial charge in [-0.25, -0.2) is 9.78 Å².